The number of hydrogen-bond acceptors (Lipinski definition) is 3. The van der Waals surface area contributed by atoms with E-state index < -0.39 is 6.09 Å². The van der Waals surface area contributed by atoms with Crippen molar-refractivity contribution in [2.24, 2.45) is 5.73 Å². The van der Waals surface area contributed by atoms with Crippen LogP contribution in [-0.4, -0.2) is 30.2 Å². The lowest BCUT2D eigenvalue weighted by Gasteiger charge is -2.32. The van der Waals surface area contributed by atoms with E-state index in [9.17, 15) is 4.79 Å². The Kier molecular flexibility index (Phi) is 4.44. The van der Waals surface area contributed by atoms with Gasteiger partial charge in [0.2, 0.25) is 0 Å². The lowest BCUT2D eigenvalue weighted by Crippen LogP contribution is -2.40. The van der Waals surface area contributed by atoms with Crippen LogP contribution in [0.2, 0.25) is 5.02 Å². The Morgan fingerprint density at radius 2 is 2.28 bits per heavy atom. The van der Waals surface area contributed by atoms with Crippen molar-refractivity contribution in [3.8, 4) is 0 Å². The van der Waals surface area contributed by atoms with Crippen LogP contribution in [0.4, 0.5) is 4.79 Å². The summed E-state index contributed by atoms with van der Waals surface area (Å²) in [4.78, 5) is 13.0. The van der Waals surface area contributed by atoms with Gasteiger partial charge in [-0.15, -0.1) is 0 Å². The minimum Gasteiger partial charge on any atom is -0.445 e. The fraction of sp³-hybridized carbons (Fsp3) is 0.462. The van der Waals surface area contributed by atoms with E-state index in [2.05, 4.69) is 4.90 Å². The maximum absolute atomic E-state index is 10.7. The Balaban J connectivity index is 1.93. The number of piperidine rings is 1. The molecular formula is C13H17ClN2O2. The molecule has 0 aromatic heterocycles. The van der Waals surface area contributed by atoms with Gasteiger partial charge in [-0.05, 0) is 31.0 Å². The molecule has 1 aliphatic rings. The third-order valence-electron chi connectivity index (χ3n) is 3.10. The molecule has 1 saturated heterocycles. The van der Waals surface area contributed by atoms with Crippen molar-refractivity contribution in [3.63, 3.8) is 0 Å². The van der Waals surface area contributed by atoms with Gasteiger partial charge in [0.15, 0.2) is 0 Å². The average Bonchev–Trinajstić information content (AvgIpc) is 2.32. The van der Waals surface area contributed by atoms with Gasteiger partial charge in [0.1, 0.15) is 6.10 Å². The Morgan fingerprint density at radius 3 is 3.00 bits per heavy atom. The van der Waals surface area contributed by atoms with E-state index in [4.69, 9.17) is 22.1 Å². The first kappa shape index (κ1) is 13.2. The largest absolute Gasteiger partial charge is 0.445 e. The molecule has 1 unspecified atom stereocenters. The van der Waals surface area contributed by atoms with Crippen LogP contribution < -0.4 is 5.73 Å². The average molecular weight is 269 g/mol. The van der Waals surface area contributed by atoms with Crippen molar-refractivity contribution in [1.82, 2.24) is 4.90 Å². The maximum atomic E-state index is 10.7. The van der Waals surface area contributed by atoms with Gasteiger partial charge >= 0.3 is 6.09 Å². The quantitative estimate of drug-likeness (QED) is 0.916. The highest BCUT2D eigenvalue weighted by atomic mass is 35.5. The van der Waals surface area contributed by atoms with Gasteiger partial charge in [-0.1, -0.05) is 29.8 Å². The minimum atomic E-state index is -0.695. The van der Waals surface area contributed by atoms with Crippen LogP contribution in [-0.2, 0) is 11.3 Å². The van der Waals surface area contributed by atoms with Crippen molar-refractivity contribution >= 4 is 17.7 Å². The maximum Gasteiger partial charge on any atom is 0.404 e. The zero-order valence-corrected chi connectivity index (χ0v) is 10.9. The van der Waals surface area contributed by atoms with Gasteiger partial charge in [-0.25, -0.2) is 4.79 Å². The molecule has 1 aliphatic heterocycles. The van der Waals surface area contributed by atoms with Crippen molar-refractivity contribution < 1.29 is 9.53 Å². The summed E-state index contributed by atoms with van der Waals surface area (Å²) in [5, 5.41) is 0.774. The monoisotopic (exact) mass is 268 g/mol. The number of hydrogen-bond donors (Lipinski definition) is 1. The van der Waals surface area contributed by atoms with E-state index in [1.807, 2.05) is 24.3 Å². The van der Waals surface area contributed by atoms with Crippen molar-refractivity contribution in [3.05, 3.63) is 34.9 Å². The van der Waals surface area contributed by atoms with E-state index >= 15 is 0 Å². The third-order valence-corrected chi connectivity index (χ3v) is 3.47. The number of amides is 1. The molecule has 98 valence electrons. The molecule has 1 aromatic rings. The van der Waals surface area contributed by atoms with Crippen LogP contribution in [0.15, 0.2) is 24.3 Å². The van der Waals surface area contributed by atoms with Gasteiger partial charge in [0, 0.05) is 18.1 Å². The SMILES string of the molecule is NC(=O)OC1CCCN(Cc2ccccc2Cl)C1. The van der Waals surface area contributed by atoms with E-state index in [-0.39, 0.29) is 6.10 Å². The number of rotatable bonds is 3. The predicted octanol–water partition coefficient (Wildman–Crippen LogP) is 2.40. The predicted molar refractivity (Wildman–Crippen MR) is 70.4 cm³/mol. The van der Waals surface area contributed by atoms with E-state index in [0.717, 1.165) is 36.5 Å². The molecule has 1 atom stereocenters. The molecule has 2 N–H and O–H groups in total. The Hall–Kier alpha value is -1.26. The highest BCUT2D eigenvalue weighted by Crippen LogP contribution is 2.20. The van der Waals surface area contributed by atoms with Gasteiger partial charge in [0.05, 0.1) is 0 Å². The first-order valence-electron chi connectivity index (χ1n) is 6.07. The van der Waals surface area contributed by atoms with E-state index in [0.29, 0.717) is 6.54 Å². The number of nitrogens with zero attached hydrogens (tertiary/aromatic N) is 1. The molecule has 0 saturated carbocycles. The smallest absolute Gasteiger partial charge is 0.404 e. The summed E-state index contributed by atoms with van der Waals surface area (Å²) in [5.74, 6) is 0. The minimum absolute atomic E-state index is 0.0984. The molecule has 1 heterocycles. The topological polar surface area (TPSA) is 55.6 Å². The second-order valence-electron chi connectivity index (χ2n) is 4.53. The van der Waals surface area contributed by atoms with Crippen molar-refractivity contribution in [1.29, 1.82) is 0 Å². The molecule has 5 heteroatoms. The van der Waals surface area contributed by atoms with Crippen LogP contribution in [0.25, 0.3) is 0 Å². The van der Waals surface area contributed by atoms with Gasteiger partial charge in [-0.3, -0.25) is 4.90 Å². The second kappa shape index (κ2) is 6.07. The summed E-state index contributed by atoms with van der Waals surface area (Å²) in [6.45, 7) is 2.48. The lowest BCUT2D eigenvalue weighted by atomic mass is 10.1. The zero-order chi connectivity index (χ0) is 13.0. The Bertz CT molecular complexity index is 425. The number of carbonyl (C=O) groups excluding carboxylic acids is 1. The molecule has 4 nitrogen and oxygen atoms in total. The first-order valence-corrected chi connectivity index (χ1v) is 6.45. The Morgan fingerprint density at radius 1 is 1.50 bits per heavy atom. The molecular weight excluding hydrogens is 252 g/mol. The number of halogens is 1. The molecule has 1 fully saturated rings. The summed E-state index contributed by atoms with van der Waals surface area (Å²) < 4.78 is 5.05. The number of nitrogens with two attached hydrogens (primary N) is 1. The van der Waals surface area contributed by atoms with E-state index in [1.54, 1.807) is 0 Å². The van der Waals surface area contributed by atoms with E-state index in [1.165, 1.54) is 0 Å². The highest BCUT2D eigenvalue weighted by molar-refractivity contribution is 6.31. The van der Waals surface area contributed by atoms with Crippen molar-refractivity contribution in [2.75, 3.05) is 13.1 Å². The van der Waals surface area contributed by atoms with Crippen LogP contribution in [0.1, 0.15) is 18.4 Å². The van der Waals surface area contributed by atoms with Crippen LogP contribution in [0.3, 0.4) is 0 Å². The molecule has 2 rings (SSSR count). The molecule has 1 amide bonds. The summed E-state index contributed by atoms with van der Waals surface area (Å²) in [6.07, 6.45) is 1.09. The number of primary amides is 1. The molecule has 0 spiro atoms. The first-order chi connectivity index (χ1) is 8.65. The van der Waals surface area contributed by atoms with Crippen LogP contribution >= 0.6 is 11.6 Å². The number of benzene rings is 1. The fourth-order valence-electron chi connectivity index (χ4n) is 2.28. The van der Waals surface area contributed by atoms with Gasteiger partial charge < -0.3 is 10.5 Å². The van der Waals surface area contributed by atoms with Crippen molar-refractivity contribution in [2.45, 2.75) is 25.5 Å². The molecule has 18 heavy (non-hydrogen) atoms. The van der Waals surface area contributed by atoms with Crippen LogP contribution in [0, 0.1) is 0 Å². The molecule has 0 bridgehead atoms. The van der Waals surface area contributed by atoms with Gasteiger partial charge in [0.25, 0.3) is 0 Å². The fourth-order valence-corrected chi connectivity index (χ4v) is 2.48. The number of carbonyl (C=O) groups is 1. The summed E-state index contributed by atoms with van der Waals surface area (Å²) in [6, 6.07) is 7.79. The second-order valence-corrected chi connectivity index (χ2v) is 4.93. The highest BCUT2D eigenvalue weighted by Gasteiger charge is 2.22. The molecule has 0 aliphatic carbocycles. The molecule has 0 radical (unpaired) electrons. The lowest BCUT2D eigenvalue weighted by molar-refractivity contribution is 0.0447. The zero-order valence-electron chi connectivity index (χ0n) is 10.1. The summed E-state index contributed by atoms with van der Waals surface area (Å²) in [5.41, 5.74) is 6.14. The number of ether oxygens (including phenoxy) is 1. The van der Waals surface area contributed by atoms with Gasteiger partial charge in [-0.2, -0.15) is 0 Å². The molecule has 1 aromatic carbocycles. The normalized spacial score (nSPS) is 20.6. The van der Waals surface area contributed by atoms with Crippen LogP contribution in [0.5, 0.6) is 0 Å². The standard InChI is InChI=1S/C13H17ClN2O2/c14-12-6-2-1-4-10(12)8-16-7-3-5-11(9-16)18-13(15)17/h1-2,4,6,11H,3,5,7-9H2,(H2,15,17). The Labute approximate surface area is 112 Å². The number of likely N-dealkylation sites (tertiary alicyclic amines) is 1. The third kappa shape index (κ3) is 3.62. The summed E-state index contributed by atoms with van der Waals surface area (Å²) >= 11 is 6.13. The summed E-state index contributed by atoms with van der Waals surface area (Å²) in [7, 11) is 0.